The van der Waals surface area contributed by atoms with E-state index in [1.165, 1.54) is 9.99 Å². The Morgan fingerprint density at radius 3 is 2.12 bits per heavy atom. The van der Waals surface area contributed by atoms with Crippen molar-refractivity contribution < 1.29 is 13.2 Å². The first kappa shape index (κ1) is 23.7. The van der Waals surface area contributed by atoms with Crippen LogP contribution in [0.2, 0.25) is 0 Å². The van der Waals surface area contributed by atoms with Crippen LogP contribution in [0.25, 0.3) is 0 Å². The van der Waals surface area contributed by atoms with E-state index in [1.807, 2.05) is 43.3 Å². The second kappa shape index (κ2) is 10.2. The number of nitrogens with zero attached hydrogens (tertiary/aromatic N) is 3. The highest BCUT2D eigenvalue weighted by Gasteiger charge is 2.31. The highest BCUT2D eigenvalue weighted by atomic mass is 32.2. The zero-order valence-corrected chi connectivity index (χ0v) is 20.4. The van der Waals surface area contributed by atoms with E-state index in [9.17, 15) is 13.2 Å². The lowest BCUT2D eigenvalue weighted by atomic mass is 9.97. The Labute approximate surface area is 197 Å². The molecule has 1 N–H and O–H groups in total. The van der Waals surface area contributed by atoms with Gasteiger partial charge in [0.05, 0.1) is 5.75 Å². The number of hydrogen-bond donors (Lipinski definition) is 1. The summed E-state index contributed by atoms with van der Waals surface area (Å²) in [7, 11) is -1.24. The molecule has 4 rings (SSSR count). The highest BCUT2D eigenvalue weighted by Crippen LogP contribution is 2.24. The van der Waals surface area contributed by atoms with Gasteiger partial charge in [-0.15, -0.1) is 0 Å². The number of likely N-dealkylation sites (N-methyl/N-ethyl adjacent to an activating group) is 1. The lowest BCUT2D eigenvalue weighted by Gasteiger charge is -2.34. The van der Waals surface area contributed by atoms with E-state index in [2.05, 4.69) is 34.3 Å². The van der Waals surface area contributed by atoms with Gasteiger partial charge < -0.3 is 15.1 Å². The quantitative estimate of drug-likeness (QED) is 0.703. The average Bonchev–Trinajstić information content (AvgIpc) is 2.82. The SMILES string of the molecule is Cc1ccc(CS(=O)(=O)N2CCC(C(=O)Nc3ccc(N4CCN(C)CC4)cc3)CC2)cc1. The van der Waals surface area contributed by atoms with Gasteiger partial charge in [-0.3, -0.25) is 4.79 Å². The summed E-state index contributed by atoms with van der Waals surface area (Å²) in [5, 5.41) is 3.01. The van der Waals surface area contributed by atoms with E-state index in [0.717, 1.165) is 43.0 Å². The van der Waals surface area contributed by atoms with Gasteiger partial charge >= 0.3 is 0 Å². The molecule has 0 atom stereocenters. The number of piperidine rings is 1. The summed E-state index contributed by atoms with van der Waals surface area (Å²) in [6.45, 7) is 6.87. The van der Waals surface area contributed by atoms with Gasteiger partial charge in [-0.05, 0) is 56.6 Å². The van der Waals surface area contributed by atoms with E-state index in [1.54, 1.807) is 0 Å². The fraction of sp³-hybridized carbons (Fsp3) is 0.480. The predicted octanol–water partition coefficient (Wildman–Crippen LogP) is 2.93. The third kappa shape index (κ3) is 6.13. The van der Waals surface area contributed by atoms with E-state index in [4.69, 9.17) is 0 Å². The molecule has 0 radical (unpaired) electrons. The molecule has 0 spiro atoms. The van der Waals surface area contributed by atoms with Gasteiger partial charge in [0.2, 0.25) is 15.9 Å². The molecular formula is C25H34N4O3S. The number of aryl methyl sites for hydroxylation is 1. The Morgan fingerprint density at radius 2 is 1.52 bits per heavy atom. The Bertz CT molecular complexity index is 1040. The third-order valence-electron chi connectivity index (χ3n) is 6.69. The molecule has 2 heterocycles. The Morgan fingerprint density at radius 1 is 0.909 bits per heavy atom. The van der Waals surface area contributed by atoms with Crippen LogP contribution in [0, 0.1) is 12.8 Å². The number of nitrogens with one attached hydrogen (secondary N) is 1. The lowest BCUT2D eigenvalue weighted by molar-refractivity contribution is -0.120. The lowest BCUT2D eigenvalue weighted by Crippen LogP contribution is -2.44. The summed E-state index contributed by atoms with van der Waals surface area (Å²) in [5.74, 6) is -0.199. The summed E-state index contributed by atoms with van der Waals surface area (Å²) >= 11 is 0. The molecule has 0 unspecified atom stereocenters. The molecule has 2 fully saturated rings. The summed E-state index contributed by atoms with van der Waals surface area (Å²) in [4.78, 5) is 17.5. The topological polar surface area (TPSA) is 73.0 Å². The summed E-state index contributed by atoms with van der Waals surface area (Å²) in [6.07, 6.45) is 1.08. The predicted molar refractivity (Wildman–Crippen MR) is 133 cm³/mol. The second-order valence-corrected chi connectivity index (χ2v) is 11.2. The molecule has 0 bridgehead atoms. The van der Waals surface area contributed by atoms with Crippen LogP contribution in [0.3, 0.4) is 0 Å². The van der Waals surface area contributed by atoms with Crippen LogP contribution in [0.4, 0.5) is 11.4 Å². The first-order chi connectivity index (χ1) is 15.8. The van der Waals surface area contributed by atoms with Gasteiger partial charge in [-0.2, -0.15) is 0 Å². The van der Waals surface area contributed by atoms with E-state index < -0.39 is 10.0 Å². The molecular weight excluding hydrogens is 436 g/mol. The van der Waals surface area contributed by atoms with Crippen LogP contribution in [0.5, 0.6) is 0 Å². The van der Waals surface area contributed by atoms with Crippen LogP contribution < -0.4 is 10.2 Å². The zero-order chi connectivity index (χ0) is 23.4. The minimum absolute atomic E-state index is 0.00377. The summed E-state index contributed by atoms with van der Waals surface area (Å²) in [6, 6.07) is 15.6. The van der Waals surface area contributed by atoms with Crippen molar-refractivity contribution in [2.24, 2.45) is 5.92 Å². The highest BCUT2D eigenvalue weighted by molar-refractivity contribution is 7.88. The molecule has 2 aliphatic heterocycles. The maximum absolute atomic E-state index is 12.8. The molecule has 2 aromatic carbocycles. The van der Waals surface area contributed by atoms with Crippen molar-refractivity contribution in [3.63, 3.8) is 0 Å². The minimum atomic E-state index is -3.38. The van der Waals surface area contributed by atoms with Crippen molar-refractivity contribution in [3.8, 4) is 0 Å². The number of carbonyl (C=O) groups is 1. The van der Waals surface area contributed by atoms with Gasteiger partial charge in [0.15, 0.2) is 0 Å². The molecule has 8 heteroatoms. The van der Waals surface area contributed by atoms with Gasteiger partial charge in [-0.1, -0.05) is 29.8 Å². The number of piperazine rings is 1. The number of hydrogen-bond acceptors (Lipinski definition) is 5. The number of carbonyl (C=O) groups excluding carboxylic acids is 1. The standard InChI is InChI=1S/C25H34N4O3S/c1-20-3-5-21(6-4-20)19-33(31,32)29-13-11-22(12-14-29)25(30)26-23-7-9-24(10-8-23)28-17-15-27(2)16-18-28/h3-10,22H,11-19H2,1-2H3,(H,26,30). The van der Waals surface area contributed by atoms with E-state index in [0.29, 0.717) is 25.9 Å². The Hall–Kier alpha value is -2.42. The summed E-state index contributed by atoms with van der Waals surface area (Å²) in [5.41, 5.74) is 3.86. The van der Waals surface area contributed by atoms with Crippen LogP contribution in [0.15, 0.2) is 48.5 Å². The number of sulfonamides is 1. The first-order valence-corrected chi connectivity index (χ1v) is 13.3. The van der Waals surface area contributed by atoms with Crippen LogP contribution in [-0.4, -0.2) is 69.8 Å². The Balaban J connectivity index is 1.27. The monoisotopic (exact) mass is 470 g/mol. The molecule has 1 amide bonds. The maximum Gasteiger partial charge on any atom is 0.227 e. The van der Waals surface area contributed by atoms with E-state index in [-0.39, 0.29) is 17.6 Å². The fourth-order valence-electron chi connectivity index (χ4n) is 4.45. The van der Waals surface area contributed by atoms with Gasteiger partial charge in [0.25, 0.3) is 0 Å². The van der Waals surface area contributed by atoms with Crippen molar-refractivity contribution in [3.05, 3.63) is 59.7 Å². The molecule has 2 aromatic rings. The smallest absolute Gasteiger partial charge is 0.227 e. The van der Waals surface area contributed by atoms with Crippen molar-refractivity contribution >= 4 is 27.3 Å². The molecule has 33 heavy (non-hydrogen) atoms. The molecule has 0 aliphatic carbocycles. The van der Waals surface area contributed by atoms with Crippen molar-refractivity contribution in [2.45, 2.75) is 25.5 Å². The van der Waals surface area contributed by atoms with Crippen molar-refractivity contribution in [2.75, 3.05) is 56.5 Å². The average molecular weight is 471 g/mol. The van der Waals surface area contributed by atoms with Crippen molar-refractivity contribution in [1.82, 2.24) is 9.21 Å². The summed E-state index contributed by atoms with van der Waals surface area (Å²) < 4.78 is 27.1. The molecule has 2 saturated heterocycles. The molecule has 7 nitrogen and oxygen atoms in total. The van der Waals surface area contributed by atoms with Gasteiger partial charge in [0.1, 0.15) is 0 Å². The van der Waals surface area contributed by atoms with Crippen molar-refractivity contribution in [1.29, 1.82) is 0 Å². The van der Waals surface area contributed by atoms with Crippen LogP contribution in [0.1, 0.15) is 24.0 Å². The minimum Gasteiger partial charge on any atom is -0.369 e. The van der Waals surface area contributed by atoms with Crippen LogP contribution >= 0.6 is 0 Å². The van der Waals surface area contributed by atoms with Gasteiger partial charge in [0, 0.05) is 56.6 Å². The second-order valence-electron chi connectivity index (χ2n) is 9.24. The zero-order valence-electron chi connectivity index (χ0n) is 19.5. The Kier molecular flexibility index (Phi) is 7.36. The largest absolute Gasteiger partial charge is 0.369 e. The van der Waals surface area contributed by atoms with E-state index >= 15 is 0 Å². The number of amides is 1. The molecule has 0 aromatic heterocycles. The number of benzene rings is 2. The first-order valence-electron chi connectivity index (χ1n) is 11.7. The molecule has 2 aliphatic rings. The fourth-order valence-corrected chi connectivity index (χ4v) is 6.01. The normalized spacial score (nSPS) is 18.9. The third-order valence-corrected chi connectivity index (χ3v) is 8.54. The molecule has 178 valence electrons. The number of anilines is 2. The number of rotatable bonds is 6. The maximum atomic E-state index is 12.8. The van der Waals surface area contributed by atoms with Crippen LogP contribution in [-0.2, 0) is 20.6 Å². The molecule has 0 saturated carbocycles. The van der Waals surface area contributed by atoms with Gasteiger partial charge in [-0.25, -0.2) is 12.7 Å².